The Morgan fingerprint density at radius 1 is 0.577 bits per heavy atom. The van der Waals surface area contributed by atoms with E-state index < -0.39 is 0 Å². The minimum atomic E-state index is 0.824. The van der Waals surface area contributed by atoms with E-state index in [-0.39, 0.29) is 0 Å². The summed E-state index contributed by atoms with van der Waals surface area (Å²) in [5.74, 6) is 12.5. The summed E-state index contributed by atoms with van der Waals surface area (Å²) in [5.41, 5.74) is 3.43. The summed E-state index contributed by atoms with van der Waals surface area (Å²) in [6, 6.07) is 15.8. The Bertz CT molecular complexity index is 1010. The van der Waals surface area contributed by atoms with Crippen LogP contribution in [0.2, 0.25) is 0 Å². The van der Waals surface area contributed by atoms with Crippen LogP contribution >= 0.6 is 22.7 Å². The van der Waals surface area contributed by atoms with E-state index in [2.05, 4.69) is 33.6 Å². The van der Waals surface area contributed by atoms with Crippen LogP contribution in [0, 0.1) is 23.7 Å². The first-order valence-electron chi connectivity index (χ1n) is 7.90. The highest BCUT2D eigenvalue weighted by Gasteiger charge is 2.01. The summed E-state index contributed by atoms with van der Waals surface area (Å²) in [4.78, 5) is 11.0. The molecule has 0 radical (unpaired) electrons. The summed E-state index contributed by atoms with van der Waals surface area (Å²) >= 11 is 3.26. The molecule has 0 unspecified atom stereocenters. The van der Waals surface area contributed by atoms with Crippen molar-refractivity contribution in [1.82, 2.24) is 9.97 Å². The van der Waals surface area contributed by atoms with E-state index in [0.29, 0.717) is 0 Å². The molecule has 26 heavy (non-hydrogen) atoms. The number of pyridine rings is 2. The predicted molar refractivity (Wildman–Crippen MR) is 108 cm³/mol. The average molecular weight is 368 g/mol. The highest BCUT2D eigenvalue weighted by atomic mass is 32.1. The second-order valence-electron chi connectivity index (χ2n) is 5.32. The van der Waals surface area contributed by atoms with Crippen molar-refractivity contribution in [1.29, 1.82) is 0 Å². The summed E-state index contributed by atoms with van der Waals surface area (Å²) < 4.78 is 0. The SMILES string of the molecule is C(#Cc1cccs1)c1ccc(-c2ccc(C#Cc3cccs3)cn2)nc1. The third kappa shape index (κ3) is 4.07. The first kappa shape index (κ1) is 16.3. The third-order valence-electron chi connectivity index (χ3n) is 3.49. The molecule has 0 saturated heterocycles. The number of rotatable bonds is 1. The Morgan fingerprint density at radius 3 is 1.42 bits per heavy atom. The highest BCUT2D eigenvalue weighted by Crippen LogP contribution is 2.15. The molecular weight excluding hydrogens is 356 g/mol. The number of nitrogens with zero attached hydrogens (tertiary/aromatic N) is 2. The van der Waals surface area contributed by atoms with Crippen LogP contribution in [0.15, 0.2) is 71.7 Å². The van der Waals surface area contributed by atoms with Gasteiger partial charge in [0, 0.05) is 23.5 Å². The van der Waals surface area contributed by atoms with Gasteiger partial charge in [0.25, 0.3) is 0 Å². The van der Waals surface area contributed by atoms with E-state index in [4.69, 9.17) is 0 Å². The fourth-order valence-electron chi connectivity index (χ4n) is 2.21. The molecule has 0 aliphatic carbocycles. The van der Waals surface area contributed by atoms with Crippen molar-refractivity contribution >= 4 is 22.7 Å². The van der Waals surface area contributed by atoms with Crippen LogP contribution in [-0.4, -0.2) is 9.97 Å². The van der Waals surface area contributed by atoms with Crippen LogP contribution in [0.3, 0.4) is 0 Å². The first-order chi connectivity index (χ1) is 12.9. The lowest BCUT2D eigenvalue weighted by molar-refractivity contribution is 1.24. The summed E-state index contributed by atoms with van der Waals surface area (Å²) in [6.45, 7) is 0. The van der Waals surface area contributed by atoms with Crippen LogP contribution in [0.1, 0.15) is 20.9 Å². The maximum absolute atomic E-state index is 4.47. The van der Waals surface area contributed by atoms with E-state index in [0.717, 1.165) is 32.3 Å². The van der Waals surface area contributed by atoms with Gasteiger partial charge >= 0.3 is 0 Å². The van der Waals surface area contributed by atoms with Gasteiger partial charge in [0.05, 0.1) is 21.1 Å². The van der Waals surface area contributed by atoms with Crippen LogP contribution < -0.4 is 0 Å². The molecule has 0 fully saturated rings. The smallest absolute Gasteiger partial charge is 0.0887 e. The van der Waals surface area contributed by atoms with Gasteiger partial charge in [-0.25, -0.2) is 0 Å². The molecule has 0 amide bonds. The number of hydrogen-bond acceptors (Lipinski definition) is 4. The Labute approximate surface area is 160 Å². The van der Waals surface area contributed by atoms with Gasteiger partial charge in [-0.1, -0.05) is 35.8 Å². The van der Waals surface area contributed by atoms with Crippen molar-refractivity contribution in [2.24, 2.45) is 0 Å². The molecule has 0 spiro atoms. The van der Waals surface area contributed by atoms with E-state index in [1.54, 1.807) is 35.1 Å². The lowest BCUT2D eigenvalue weighted by Gasteiger charge is -2.00. The zero-order valence-electron chi connectivity index (χ0n) is 13.6. The quantitative estimate of drug-likeness (QED) is 0.439. The fourth-order valence-corrected chi connectivity index (χ4v) is 3.35. The molecule has 4 heteroatoms. The maximum Gasteiger partial charge on any atom is 0.0887 e. The van der Waals surface area contributed by atoms with Gasteiger partial charge in [-0.15, -0.1) is 22.7 Å². The van der Waals surface area contributed by atoms with Crippen LogP contribution in [0.4, 0.5) is 0 Å². The topological polar surface area (TPSA) is 25.8 Å². The molecule has 4 aromatic heterocycles. The van der Waals surface area contributed by atoms with E-state index in [9.17, 15) is 0 Å². The standard InChI is InChI=1S/C22H12N2S2/c1-3-19(25-13-1)9-5-17-7-11-21(23-15-17)22-12-8-18(16-24-22)6-10-20-4-2-14-26-20/h1-4,7-8,11-16H. The van der Waals surface area contributed by atoms with Crippen LogP contribution in [-0.2, 0) is 0 Å². The normalized spacial score (nSPS) is 9.69. The molecule has 0 N–H and O–H groups in total. The lowest BCUT2D eigenvalue weighted by Crippen LogP contribution is -1.88. The Kier molecular flexibility index (Phi) is 4.89. The molecular formula is C22H12N2S2. The van der Waals surface area contributed by atoms with Crippen molar-refractivity contribution in [3.8, 4) is 35.1 Å². The molecule has 0 aromatic carbocycles. The molecule has 0 aliphatic heterocycles. The van der Waals surface area contributed by atoms with Crippen molar-refractivity contribution < 1.29 is 0 Å². The minimum Gasteiger partial charge on any atom is -0.253 e. The van der Waals surface area contributed by atoms with Gasteiger partial charge < -0.3 is 0 Å². The zero-order chi connectivity index (χ0) is 17.6. The van der Waals surface area contributed by atoms with Crippen molar-refractivity contribution in [3.05, 3.63) is 92.6 Å². The highest BCUT2D eigenvalue weighted by molar-refractivity contribution is 7.10. The maximum atomic E-state index is 4.47. The Morgan fingerprint density at radius 2 is 1.08 bits per heavy atom. The summed E-state index contributed by atoms with van der Waals surface area (Å²) in [6.07, 6.45) is 3.56. The van der Waals surface area contributed by atoms with Crippen LogP contribution in [0.25, 0.3) is 11.4 Å². The largest absolute Gasteiger partial charge is 0.253 e. The molecule has 2 nitrogen and oxygen atoms in total. The predicted octanol–water partition coefficient (Wildman–Crippen LogP) is 5.07. The summed E-state index contributed by atoms with van der Waals surface area (Å²) in [5, 5.41) is 4.04. The van der Waals surface area contributed by atoms with Gasteiger partial charge in [-0.05, 0) is 47.2 Å². The molecule has 0 saturated carbocycles. The second kappa shape index (κ2) is 7.80. The molecule has 4 rings (SSSR count). The van der Waals surface area contributed by atoms with Gasteiger partial charge in [0.15, 0.2) is 0 Å². The molecule has 4 aromatic rings. The summed E-state index contributed by atoms with van der Waals surface area (Å²) in [7, 11) is 0. The van der Waals surface area contributed by atoms with Crippen molar-refractivity contribution in [2.75, 3.05) is 0 Å². The molecule has 0 bridgehead atoms. The van der Waals surface area contributed by atoms with E-state index in [1.807, 2.05) is 59.3 Å². The molecule has 0 aliphatic rings. The molecule has 122 valence electrons. The molecule has 4 heterocycles. The third-order valence-corrected chi connectivity index (χ3v) is 5.06. The van der Waals surface area contributed by atoms with Gasteiger partial charge in [-0.2, -0.15) is 0 Å². The monoisotopic (exact) mass is 368 g/mol. The minimum absolute atomic E-state index is 0.824. The number of thiophene rings is 2. The van der Waals surface area contributed by atoms with Crippen LogP contribution in [0.5, 0.6) is 0 Å². The van der Waals surface area contributed by atoms with E-state index in [1.165, 1.54) is 0 Å². The van der Waals surface area contributed by atoms with Crippen molar-refractivity contribution in [3.63, 3.8) is 0 Å². The average Bonchev–Trinajstić information content (AvgIpc) is 3.40. The Balaban J connectivity index is 1.49. The van der Waals surface area contributed by atoms with Gasteiger partial charge in [0.1, 0.15) is 0 Å². The zero-order valence-corrected chi connectivity index (χ0v) is 15.3. The van der Waals surface area contributed by atoms with Gasteiger partial charge in [0.2, 0.25) is 0 Å². The number of hydrogen-bond donors (Lipinski definition) is 0. The second-order valence-corrected chi connectivity index (χ2v) is 7.21. The molecule has 0 atom stereocenters. The number of aromatic nitrogens is 2. The Hall–Kier alpha value is -3.18. The lowest BCUT2D eigenvalue weighted by atomic mass is 10.2. The van der Waals surface area contributed by atoms with E-state index >= 15 is 0 Å². The fraction of sp³-hybridized carbons (Fsp3) is 0. The van der Waals surface area contributed by atoms with Crippen molar-refractivity contribution in [2.45, 2.75) is 0 Å². The van der Waals surface area contributed by atoms with Gasteiger partial charge in [-0.3, -0.25) is 9.97 Å². The first-order valence-corrected chi connectivity index (χ1v) is 9.66.